The Morgan fingerprint density at radius 3 is 2.40 bits per heavy atom. The van der Waals surface area contributed by atoms with Crippen molar-refractivity contribution in [3.63, 3.8) is 0 Å². The summed E-state index contributed by atoms with van der Waals surface area (Å²) in [6.45, 7) is 4.54. The largest absolute Gasteiger partial charge is 0.330 e. The second-order valence-corrected chi connectivity index (χ2v) is 4.91. The van der Waals surface area contributed by atoms with Gasteiger partial charge in [0.25, 0.3) is 0 Å². The number of nitrogens with two attached hydrogens (primary N) is 1. The van der Waals surface area contributed by atoms with Gasteiger partial charge in [-0.2, -0.15) is 0 Å². The highest BCUT2D eigenvalue weighted by molar-refractivity contribution is 5.16. The van der Waals surface area contributed by atoms with Crippen molar-refractivity contribution < 1.29 is 0 Å². The van der Waals surface area contributed by atoms with Gasteiger partial charge in [-0.1, -0.05) is 30.3 Å². The molecule has 2 nitrogen and oxygen atoms in total. The SMILES string of the molecule is NCC1[C@H]2CN(Cc3ccccc3)C[C@@H]12. The van der Waals surface area contributed by atoms with E-state index in [-0.39, 0.29) is 0 Å². The van der Waals surface area contributed by atoms with E-state index < -0.39 is 0 Å². The number of hydrogen-bond acceptors (Lipinski definition) is 2. The Labute approximate surface area is 91.1 Å². The van der Waals surface area contributed by atoms with Crippen molar-refractivity contribution in [1.29, 1.82) is 0 Å². The lowest BCUT2D eigenvalue weighted by molar-refractivity contribution is 0.279. The second-order valence-electron chi connectivity index (χ2n) is 4.91. The predicted molar refractivity (Wildman–Crippen MR) is 61.2 cm³/mol. The number of benzene rings is 1. The molecule has 1 aliphatic heterocycles. The molecule has 2 aliphatic rings. The van der Waals surface area contributed by atoms with Crippen molar-refractivity contribution in [2.24, 2.45) is 23.5 Å². The van der Waals surface area contributed by atoms with Gasteiger partial charge in [0.15, 0.2) is 0 Å². The van der Waals surface area contributed by atoms with Gasteiger partial charge in [0.05, 0.1) is 0 Å². The molecule has 2 heteroatoms. The second kappa shape index (κ2) is 3.62. The third kappa shape index (κ3) is 1.68. The minimum absolute atomic E-state index is 0.844. The van der Waals surface area contributed by atoms with Gasteiger partial charge in [0.2, 0.25) is 0 Å². The summed E-state index contributed by atoms with van der Waals surface area (Å²) in [5.41, 5.74) is 7.14. The first-order valence-corrected chi connectivity index (χ1v) is 5.85. The zero-order chi connectivity index (χ0) is 10.3. The maximum atomic E-state index is 5.70. The van der Waals surface area contributed by atoms with E-state index in [1.807, 2.05) is 0 Å². The molecule has 0 radical (unpaired) electrons. The minimum atomic E-state index is 0.844. The van der Waals surface area contributed by atoms with E-state index in [1.54, 1.807) is 0 Å². The monoisotopic (exact) mass is 202 g/mol. The summed E-state index contributed by atoms with van der Waals surface area (Å²) in [7, 11) is 0. The fourth-order valence-electron chi connectivity index (χ4n) is 3.06. The molecule has 2 N–H and O–H groups in total. The zero-order valence-electron chi connectivity index (χ0n) is 8.97. The average Bonchev–Trinajstić information content (AvgIpc) is 2.75. The molecule has 1 aromatic carbocycles. The molecule has 3 rings (SSSR count). The third-order valence-electron chi connectivity index (χ3n) is 3.97. The Hall–Kier alpha value is -0.860. The quantitative estimate of drug-likeness (QED) is 0.801. The average molecular weight is 202 g/mol. The summed E-state index contributed by atoms with van der Waals surface area (Å²) in [6.07, 6.45) is 0. The molecule has 0 spiro atoms. The van der Waals surface area contributed by atoms with Crippen LogP contribution in [-0.2, 0) is 6.54 Å². The summed E-state index contributed by atoms with van der Waals surface area (Å²) in [6, 6.07) is 10.7. The fraction of sp³-hybridized carbons (Fsp3) is 0.538. The van der Waals surface area contributed by atoms with E-state index in [0.29, 0.717) is 0 Å². The zero-order valence-corrected chi connectivity index (χ0v) is 8.97. The summed E-state index contributed by atoms with van der Waals surface area (Å²) < 4.78 is 0. The first-order valence-electron chi connectivity index (χ1n) is 5.85. The van der Waals surface area contributed by atoms with Crippen LogP contribution < -0.4 is 5.73 Å². The molecule has 1 unspecified atom stereocenters. The van der Waals surface area contributed by atoms with Crippen LogP contribution in [0.15, 0.2) is 30.3 Å². The molecule has 80 valence electrons. The lowest BCUT2D eigenvalue weighted by Crippen LogP contribution is -2.25. The molecular formula is C13H18N2. The van der Waals surface area contributed by atoms with Crippen molar-refractivity contribution in [1.82, 2.24) is 4.90 Å². The minimum Gasteiger partial charge on any atom is -0.330 e. The lowest BCUT2D eigenvalue weighted by atomic mass is 10.2. The van der Waals surface area contributed by atoms with E-state index in [9.17, 15) is 0 Å². The highest BCUT2D eigenvalue weighted by Crippen LogP contribution is 2.51. The molecule has 1 saturated heterocycles. The summed E-state index contributed by atoms with van der Waals surface area (Å²) in [4.78, 5) is 2.57. The van der Waals surface area contributed by atoms with Crippen LogP contribution in [0.25, 0.3) is 0 Å². The van der Waals surface area contributed by atoms with Crippen LogP contribution in [0.5, 0.6) is 0 Å². The number of likely N-dealkylation sites (tertiary alicyclic amines) is 1. The number of piperidine rings is 1. The van der Waals surface area contributed by atoms with Crippen molar-refractivity contribution in [2.45, 2.75) is 6.54 Å². The van der Waals surface area contributed by atoms with Crippen LogP contribution in [0.2, 0.25) is 0 Å². The van der Waals surface area contributed by atoms with Crippen molar-refractivity contribution >= 4 is 0 Å². The molecule has 0 bridgehead atoms. The number of fused-ring (bicyclic) bond motifs is 1. The Morgan fingerprint density at radius 2 is 1.80 bits per heavy atom. The third-order valence-corrected chi connectivity index (χ3v) is 3.97. The van der Waals surface area contributed by atoms with Gasteiger partial charge < -0.3 is 5.73 Å². The molecule has 2 fully saturated rings. The maximum Gasteiger partial charge on any atom is 0.0233 e. The predicted octanol–water partition coefficient (Wildman–Crippen LogP) is 1.32. The molecule has 1 aliphatic carbocycles. The Morgan fingerprint density at radius 1 is 1.13 bits per heavy atom. The topological polar surface area (TPSA) is 29.3 Å². The summed E-state index contributed by atoms with van der Waals surface area (Å²) in [5, 5.41) is 0. The molecular weight excluding hydrogens is 184 g/mol. The van der Waals surface area contributed by atoms with E-state index in [2.05, 4.69) is 35.2 Å². The van der Waals surface area contributed by atoms with Crippen molar-refractivity contribution in [2.75, 3.05) is 19.6 Å². The van der Waals surface area contributed by atoms with Gasteiger partial charge in [-0.15, -0.1) is 0 Å². The molecule has 3 atom stereocenters. The molecule has 0 amide bonds. The van der Waals surface area contributed by atoms with Crippen LogP contribution in [0.4, 0.5) is 0 Å². The van der Waals surface area contributed by atoms with E-state index >= 15 is 0 Å². The van der Waals surface area contributed by atoms with Crippen LogP contribution >= 0.6 is 0 Å². The Balaban J connectivity index is 1.56. The highest BCUT2D eigenvalue weighted by Gasteiger charge is 2.54. The first-order chi connectivity index (χ1) is 7.38. The van der Waals surface area contributed by atoms with Crippen LogP contribution in [0.3, 0.4) is 0 Å². The van der Waals surface area contributed by atoms with E-state index in [4.69, 9.17) is 5.73 Å². The van der Waals surface area contributed by atoms with Gasteiger partial charge in [-0.25, -0.2) is 0 Å². The molecule has 0 aromatic heterocycles. The number of nitrogens with zero attached hydrogens (tertiary/aromatic N) is 1. The normalized spacial score (nSPS) is 34.1. The van der Waals surface area contributed by atoms with Gasteiger partial charge in [0, 0.05) is 19.6 Å². The van der Waals surface area contributed by atoms with Crippen LogP contribution in [0.1, 0.15) is 5.56 Å². The van der Waals surface area contributed by atoms with Gasteiger partial charge in [-0.05, 0) is 29.9 Å². The van der Waals surface area contributed by atoms with Gasteiger partial charge >= 0.3 is 0 Å². The first kappa shape index (κ1) is 9.37. The van der Waals surface area contributed by atoms with Crippen molar-refractivity contribution in [3.8, 4) is 0 Å². The fourth-order valence-corrected chi connectivity index (χ4v) is 3.06. The Bertz CT molecular complexity index is 324. The van der Waals surface area contributed by atoms with Gasteiger partial charge in [0.1, 0.15) is 0 Å². The summed E-state index contributed by atoms with van der Waals surface area (Å²) >= 11 is 0. The molecule has 1 saturated carbocycles. The molecule has 1 heterocycles. The maximum absolute atomic E-state index is 5.70. The number of hydrogen-bond donors (Lipinski definition) is 1. The standard InChI is InChI=1S/C13H18N2/c14-6-11-12-8-15(9-13(11)12)7-10-4-2-1-3-5-10/h1-5,11-13H,6-9,14H2/t11?,12-,13+. The highest BCUT2D eigenvalue weighted by atomic mass is 15.2. The van der Waals surface area contributed by atoms with Gasteiger partial charge in [-0.3, -0.25) is 4.90 Å². The summed E-state index contributed by atoms with van der Waals surface area (Å²) in [5.74, 6) is 2.68. The lowest BCUT2D eigenvalue weighted by Gasteiger charge is -2.18. The number of rotatable bonds is 3. The Kier molecular flexibility index (Phi) is 2.26. The van der Waals surface area contributed by atoms with Crippen LogP contribution in [-0.4, -0.2) is 24.5 Å². The molecule has 15 heavy (non-hydrogen) atoms. The van der Waals surface area contributed by atoms with Crippen LogP contribution in [0, 0.1) is 17.8 Å². The smallest absolute Gasteiger partial charge is 0.0233 e. The van der Waals surface area contributed by atoms with E-state index in [0.717, 1.165) is 30.8 Å². The van der Waals surface area contributed by atoms with E-state index in [1.165, 1.54) is 18.7 Å². The van der Waals surface area contributed by atoms with Crippen molar-refractivity contribution in [3.05, 3.63) is 35.9 Å². The molecule has 1 aromatic rings.